The molecule has 2 aliphatic heterocycles. The number of likely N-dealkylation sites (N-methyl/N-ethyl adjacent to an activating group) is 2. The molecule has 0 aromatic heterocycles. The molecule has 3 rings (SSSR count). The summed E-state index contributed by atoms with van der Waals surface area (Å²) in [5.41, 5.74) is 2.18. The van der Waals surface area contributed by atoms with E-state index in [4.69, 9.17) is 0 Å². The van der Waals surface area contributed by atoms with Gasteiger partial charge in [0.25, 0.3) is 0 Å². The molecule has 0 aromatic rings. The Hall–Kier alpha value is -1.98. The van der Waals surface area contributed by atoms with Crippen molar-refractivity contribution in [2.45, 2.75) is 0 Å². The predicted molar refractivity (Wildman–Crippen MR) is 74.6 cm³/mol. The molecular weight excluding hydrogens is 256 g/mol. The van der Waals surface area contributed by atoms with Crippen molar-refractivity contribution < 1.29 is 9.59 Å². The monoisotopic (exact) mass is 276 g/mol. The molecular formula is C14H20N4O2. The second-order valence-corrected chi connectivity index (χ2v) is 5.82. The molecule has 0 atom stereocenters. The van der Waals surface area contributed by atoms with Crippen molar-refractivity contribution in [3.8, 4) is 0 Å². The highest BCUT2D eigenvalue weighted by molar-refractivity contribution is 6.24. The minimum atomic E-state index is -0.0299. The van der Waals surface area contributed by atoms with Crippen LogP contribution in [-0.2, 0) is 9.59 Å². The fourth-order valence-corrected chi connectivity index (χ4v) is 2.62. The largest absolute Gasteiger partial charge is 0.373 e. The molecule has 0 saturated carbocycles. The smallest absolute Gasteiger partial charge is 0.229 e. The summed E-state index contributed by atoms with van der Waals surface area (Å²) in [6.07, 6.45) is 0. The Labute approximate surface area is 118 Å². The van der Waals surface area contributed by atoms with Gasteiger partial charge < -0.3 is 19.6 Å². The van der Waals surface area contributed by atoms with E-state index in [-0.39, 0.29) is 11.6 Å². The van der Waals surface area contributed by atoms with Gasteiger partial charge in [0, 0.05) is 54.4 Å². The Morgan fingerprint density at radius 3 is 1.20 bits per heavy atom. The topological polar surface area (TPSA) is 46.6 Å². The van der Waals surface area contributed by atoms with Crippen molar-refractivity contribution >= 4 is 11.6 Å². The van der Waals surface area contributed by atoms with Gasteiger partial charge in [-0.15, -0.1) is 0 Å². The predicted octanol–water partition coefficient (Wildman–Crippen LogP) is -0.684. The van der Waals surface area contributed by atoms with Crippen molar-refractivity contribution in [2.24, 2.45) is 0 Å². The molecule has 6 heteroatoms. The number of Topliss-reactive ketones (excluding diaryl/α,β-unsaturated/α-hetero) is 2. The summed E-state index contributed by atoms with van der Waals surface area (Å²) in [5, 5.41) is 0. The third-order valence-electron chi connectivity index (χ3n) is 3.73. The average Bonchev–Trinajstić information content (AvgIpc) is 3.23. The van der Waals surface area contributed by atoms with E-state index in [1.165, 1.54) is 0 Å². The van der Waals surface area contributed by atoms with Crippen LogP contribution in [0.1, 0.15) is 0 Å². The maximum absolute atomic E-state index is 12.8. The van der Waals surface area contributed by atoms with Gasteiger partial charge >= 0.3 is 0 Å². The first-order valence-corrected chi connectivity index (χ1v) is 6.86. The highest BCUT2D eigenvalue weighted by Gasteiger charge is 2.45. The van der Waals surface area contributed by atoms with Crippen LogP contribution >= 0.6 is 0 Å². The Bertz CT molecular complexity index is 474. The number of hydrogen-bond acceptors (Lipinski definition) is 6. The van der Waals surface area contributed by atoms with Gasteiger partial charge in [-0.05, 0) is 0 Å². The molecule has 0 amide bonds. The molecule has 0 spiro atoms. The zero-order valence-corrected chi connectivity index (χ0v) is 12.4. The lowest BCUT2D eigenvalue weighted by Gasteiger charge is -2.31. The third kappa shape index (κ3) is 1.87. The fraction of sp³-hybridized carbons (Fsp3) is 0.571. The first-order chi connectivity index (χ1) is 9.43. The van der Waals surface area contributed by atoms with Crippen LogP contribution in [0, 0.1) is 0 Å². The lowest BCUT2D eigenvalue weighted by Crippen LogP contribution is -2.39. The standard InChI is InChI=1S/C14H20N4O2/c1-15(2)9-11(17-5-6-17)14(20)10(16(3)4)12(13(9)19)18-7-8-18/h5-8H2,1-4H3. The van der Waals surface area contributed by atoms with Gasteiger partial charge in [0.15, 0.2) is 0 Å². The van der Waals surface area contributed by atoms with E-state index in [0.717, 1.165) is 26.2 Å². The van der Waals surface area contributed by atoms with Gasteiger partial charge in [0.2, 0.25) is 11.6 Å². The molecule has 1 aliphatic carbocycles. The highest BCUT2D eigenvalue weighted by atomic mass is 16.1. The number of carbonyl (C=O) groups is 2. The van der Waals surface area contributed by atoms with Crippen LogP contribution in [0.2, 0.25) is 0 Å². The molecule has 3 aliphatic rings. The maximum atomic E-state index is 12.8. The van der Waals surface area contributed by atoms with Crippen LogP contribution in [-0.4, -0.2) is 85.5 Å². The number of ketones is 2. The van der Waals surface area contributed by atoms with Crippen LogP contribution in [0.4, 0.5) is 0 Å². The van der Waals surface area contributed by atoms with Gasteiger partial charge in [-0.1, -0.05) is 0 Å². The zero-order chi connectivity index (χ0) is 14.6. The Balaban J connectivity index is 2.14. The lowest BCUT2D eigenvalue weighted by molar-refractivity contribution is -0.119. The zero-order valence-electron chi connectivity index (χ0n) is 12.4. The molecule has 2 fully saturated rings. The summed E-state index contributed by atoms with van der Waals surface area (Å²) in [6.45, 7) is 3.41. The third-order valence-corrected chi connectivity index (χ3v) is 3.73. The fourth-order valence-electron chi connectivity index (χ4n) is 2.62. The summed E-state index contributed by atoms with van der Waals surface area (Å²) in [4.78, 5) is 33.2. The first-order valence-electron chi connectivity index (χ1n) is 6.86. The summed E-state index contributed by atoms with van der Waals surface area (Å²) >= 11 is 0. The first kappa shape index (κ1) is 13.0. The molecule has 0 N–H and O–H groups in total. The van der Waals surface area contributed by atoms with E-state index >= 15 is 0 Å². The Morgan fingerprint density at radius 2 is 1.00 bits per heavy atom. The summed E-state index contributed by atoms with van der Waals surface area (Å²) in [6, 6.07) is 0. The van der Waals surface area contributed by atoms with E-state index < -0.39 is 0 Å². The van der Waals surface area contributed by atoms with Crippen molar-refractivity contribution in [2.75, 3.05) is 54.4 Å². The van der Waals surface area contributed by atoms with Gasteiger partial charge in [0.1, 0.15) is 22.8 Å². The van der Waals surface area contributed by atoms with Crippen molar-refractivity contribution in [3.05, 3.63) is 22.8 Å². The lowest BCUT2D eigenvalue weighted by atomic mass is 9.97. The Kier molecular flexibility index (Phi) is 2.77. The minimum absolute atomic E-state index is 0.0299. The van der Waals surface area contributed by atoms with E-state index in [9.17, 15) is 9.59 Å². The van der Waals surface area contributed by atoms with E-state index in [0.29, 0.717) is 22.8 Å². The molecule has 0 aromatic carbocycles. The second kappa shape index (κ2) is 4.26. The summed E-state index contributed by atoms with van der Waals surface area (Å²) in [5.74, 6) is -0.0598. The number of carbonyl (C=O) groups excluding carboxylic acids is 2. The van der Waals surface area contributed by atoms with Crippen molar-refractivity contribution in [3.63, 3.8) is 0 Å². The van der Waals surface area contributed by atoms with Crippen LogP contribution in [0.15, 0.2) is 22.8 Å². The SMILES string of the molecule is CN(C)C1=C(N2CC2)C(=O)C(N(C)C)=C(N2CC2)C1=O. The molecule has 2 saturated heterocycles. The van der Waals surface area contributed by atoms with E-state index in [1.807, 2.05) is 38.0 Å². The number of rotatable bonds is 4. The molecule has 2 heterocycles. The molecule has 0 unspecified atom stereocenters. The molecule has 20 heavy (non-hydrogen) atoms. The van der Waals surface area contributed by atoms with Crippen LogP contribution < -0.4 is 0 Å². The Morgan fingerprint density at radius 1 is 0.700 bits per heavy atom. The highest BCUT2D eigenvalue weighted by Crippen LogP contribution is 2.35. The van der Waals surface area contributed by atoms with Crippen LogP contribution in [0.5, 0.6) is 0 Å². The van der Waals surface area contributed by atoms with E-state index in [1.54, 1.807) is 9.80 Å². The molecule has 0 bridgehead atoms. The van der Waals surface area contributed by atoms with Gasteiger partial charge in [-0.2, -0.15) is 0 Å². The molecule has 6 nitrogen and oxygen atoms in total. The van der Waals surface area contributed by atoms with Gasteiger partial charge in [-0.3, -0.25) is 9.59 Å². The molecule has 0 radical (unpaired) electrons. The molecule has 108 valence electrons. The van der Waals surface area contributed by atoms with Gasteiger partial charge in [-0.25, -0.2) is 0 Å². The quantitative estimate of drug-likeness (QED) is 0.501. The number of nitrogens with zero attached hydrogens (tertiary/aromatic N) is 4. The van der Waals surface area contributed by atoms with E-state index in [2.05, 4.69) is 0 Å². The van der Waals surface area contributed by atoms with Crippen LogP contribution in [0.25, 0.3) is 0 Å². The van der Waals surface area contributed by atoms with Crippen molar-refractivity contribution in [1.29, 1.82) is 0 Å². The minimum Gasteiger partial charge on any atom is -0.373 e. The summed E-state index contributed by atoms with van der Waals surface area (Å²) in [7, 11) is 7.30. The summed E-state index contributed by atoms with van der Waals surface area (Å²) < 4.78 is 0. The van der Waals surface area contributed by atoms with Gasteiger partial charge in [0.05, 0.1) is 0 Å². The maximum Gasteiger partial charge on any atom is 0.229 e. The normalized spacial score (nSPS) is 21.8. The average molecular weight is 276 g/mol. The second-order valence-electron chi connectivity index (χ2n) is 5.82. The van der Waals surface area contributed by atoms with Crippen LogP contribution in [0.3, 0.4) is 0 Å². The number of hydrogen-bond donors (Lipinski definition) is 0. The van der Waals surface area contributed by atoms with Crippen molar-refractivity contribution in [1.82, 2.24) is 19.6 Å².